The van der Waals surface area contributed by atoms with Crippen molar-refractivity contribution in [3.05, 3.63) is 29.3 Å². The number of hydrogen-bond donors (Lipinski definition) is 1. The monoisotopic (exact) mass is 262 g/mol. The molecule has 0 unspecified atom stereocenters. The van der Waals surface area contributed by atoms with E-state index < -0.39 is 0 Å². The minimum Gasteiger partial charge on any atom is -0.370 e. The van der Waals surface area contributed by atoms with Crippen molar-refractivity contribution in [2.24, 2.45) is 0 Å². The van der Waals surface area contributed by atoms with Gasteiger partial charge in [-0.25, -0.2) is 0 Å². The first-order valence-corrected chi connectivity index (χ1v) is 8.14. The maximum Gasteiger partial charge on any atom is 0.0369 e. The summed E-state index contributed by atoms with van der Waals surface area (Å²) >= 11 is 2.07. The quantitative estimate of drug-likeness (QED) is 0.898. The molecule has 1 aliphatic heterocycles. The molecule has 0 spiro atoms. The molecule has 1 aromatic carbocycles. The lowest BCUT2D eigenvalue weighted by molar-refractivity contribution is 0.685. The molecule has 1 N–H and O–H groups in total. The lowest BCUT2D eigenvalue weighted by Gasteiger charge is -2.29. The number of aryl methyl sites for hydroxylation is 1. The second-order valence-corrected chi connectivity index (χ2v) is 6.59. The van der Waals surface area contributed by atoms with Gasteiger partial charge < -0.3 is 10.2 Å². The fraction of sp³-hybridized carbons (Fsp3) is 0.600. The highest BCUT2D eigenvalue weighted by Gasteiger charge is 2.20. The lowest BCUT2D eigenvalue weighted by Crippen LogP contribution is -2.32. The molecule has 0 atom stereocenters. The molecule has 1 aliphatic carbocycles. The van der Waals surface area contributed by atoms with Crippen LogP contribution < -0.4 is 10.2 Å². The third kappa shape index (κ3) is 3.01. The van der Waals surface area contributed by atoms with E-state index in [-0.39, 0.29) is 0 Å². The van der Waals surface area contributed by atoms with E-state index in [9.17, 15) is 0 Å². The highest BCUT2D eigenvalue weighted by Crippen LogP contribution is 2.24. The molecule has 1 aromatic rings. The predicted molar refractivity (Wildman–Crippen MR) is 80.6 cm³/mol. The number of rotatable bonds is 4. The van der Waals surface area contributed by atoms with Gasteiger partial charge in [0, 0.05) is 42.9 Å². The van der Waals surface area contributed by atoms with Crippen LogP contribution in [0.15, 0.2) is 18.2 Å². The van der Waals surface area contributed by atoms with Gasteiger partial charge in [0.25, 0.3) is 0 Å². The lowest BCUT2D eigenvalue weighted by atomic mass is 10.1. The number of nitrogens with one attached hydrogen (secondary N) is 1. The first-order valence-electron chi connectivity index (χ1n) is 6.98. The van der Waals surface area contributed by atoms with E-state index in [1.807, 2.05) is 0 Å². The van der Waals surface area contributed by atoms with Crippen LogP contribution in [0.3, 0.4) is 0 Å². The van der Waals surface area contributed by atoms with E-state index in [4.69, 9.17) is 0 Å². The van der Waals surface area contributed by atoms with Gasteiger partial charge in [0.2, 0.25) is 0 Å². The van der Waals surface area contributed by atoms with Crippen molar-refractivity contribution in [1.82, 2.24) is 5.32 Å². The van der Waals surface area contributed by atoms with Crippen molar-refractivity contribution in [3.8, 4) is 0 Å². The Labute approximate surface area is 114 Å². The Morgan fingerprint density at radius 2 is 2.06 bits per heavy atom. The zero-order valence-electron chi connectivity index (χ0n) is 11.1. The molecule has 1 saturated carbocycles. The van der Waals surface area contributed by atoms with Crippen molar-refractivity contribution in [1.29, 1.82) is 0 Å². The molecule has 98 valence electrons. The van der Waals surface area contributed by atoms with Crippen LogP contribution in [0.4, 0.5) is 5.69 Å². The summed E-state index contributed by atoms with van der Waals surface area (Å²) in [7, 11) is 0. The van der Waals surface area contributed by atoms with Crippen molar-refractivity contribution < 1.29 is 0 Å². The average molecular weight is 262 g/mol. The molecular formula is C15H22N2S. The second-order valence-electron chi connectivity index (χ2n) is 5.37. The van der Waals surface area contributed by atoms with Crippen LogP contribution in [0.5, 0.6) is 0 Å². The molecule has 1 saturated heterocycles. The third-order valence-corrected chi connectivity index (χ3v) is 4.80. The standard InChI is InChI=1S/C15H22N2S/c1-12-10-15(17-6-8-18-9-7-17)5-2-13(12)11-16-14-3-4-14/h2,5,10,14,16H,3-4,6-9,11H2,1H3. The van der Waals surface area contributed by atoms with E-state index in [0.717, 1.165) is 12.6 Å². The van der Waals surface area contributed by atoms with E-state index in [2.05, 4.69) is 47.1 Å². The zero-order valence-corrected chi connectivity index (χ0v) is 11.9. The number of nitrogens with zero attached hydrogens (tertiary/aromatic N) is 1. The van der Waals surface area contributed by atoms with E-state index >= 15 is 0 Å². The van der Waals surface area contributed by atoms with E-state index in [1.165, 1.54) is 54.3 Å². The molecular weight excluding hydrogens is 240 g/mol. The van der Waals surface area contributed by atoms with Gasteiger partial charge in [0.1, 0.15) is 0 Å². The summed E-state index contributed by atoms with van der Waals surface area (Å²) in [6.45, 7) is 5.67. The Morgan fingerprint density at radius 1 is 1.28 bits per heavy atom. The van der Waals surface area contributed by atoms with Crippen LogP contribution in [-0.2, 0) is 6.54 Å². The molecule has 0 bridgehead atoms. The number of hydrogen-bond acceptors (Lipinski definition) is 3. The van der Waals surface area contributed by atoms with Gasteiger partial charge in [-0.2, -0.15) is 11.8 Å². The molecule has 3 heteroatoms. The van der Waals surface area contributed by atoms with Gasteiger partial charge in [-0.15, -0.1) is 0 Å². The molecule has 2 nitrogen and oxygen atoms in total. The Bertz CT molecular complexity index is 409. The summed E-state index contributed by atoms with van der Waals surface area (Å²) in [6, 6.07) is 7.76. The smallest absolute Gasteiger partial charge is 0.0369 e. The van der Waals surface area contributed by atoms with Crippen LogP contribution in [0.25, 0.3) is 0 Å². The Morgan fingerprint density at radius 3 is 2.72 bits per heavy atom. The van der Waals surface area contributed by atoms with Crippen molar-refractivity contribution in [3.63, 3.8) is 0 Å². The SMILES string of the molecule is Cc1cc(N2CCSCC2)ccc1CNC1CC1. The summed E-state index contributed by atoms with van der Waals surface area (Å²) in [5, 5.41) is 3.60. The van der Waals surface area contributed by atoms with E-state index in [1.54, 1.807) is 0 Å². The van der Waals surface area contributed by atoms with Crippen LogP contribution in [0.1, 0.15) is 24.0 Å². The molecule has 0 amide bonds. The fourth-order valence-electron chi connectivity index (χ4n) is 2.44. The van der Waals surface area contributed by atoms with Gasteiger partial charge >= 0.3 is 0 Å². The van der Waals surface area contributed by atoms with Gasteiger partial charge in [-0.3, -0.25) is 0 Å². The first kappa shape index (κ1) is 12.4. The third-order valence-electron chi connectivity index (χ3n) is 3.86. The van der Waals surface area contributed by atoms with Crippen LogP contribution in [0.2, 0.25) is 0 Å². The summed E-state index contributed by atoms with van der Waals surface area (Å²) in [5.74, 6) is 2.54. The zero-order chi connectivity index (χ0) is 12.4. The Kier molecular flexibility index (Phi) is 3.80. The normalized spacial score (nSPS) is 20.2. The van der Waals surface area contributed by atoms with Crippen LogP contribution >= 0.6 is 11.8 Å². The molecule has 0 aromatic heterocycles. The number of thioether (sulfide) groups is 1. The van der Waals surface area contributed by atoms with Crippen LogP contribution in [0, 0.1) is 6.92 Å². The minimum absolute atomic E-state index is 0.795. The number of anilines is 1. The number of benzene rings is 1. The molecule has 3 rings (SSSR count). The van der Waals surface area contributed by atoms with Gasteiger partial charge in [-0.1, -0.05) is 6.07 Å². The van der Waals surface area contributed by atoms with E-state index in [0.29, 0.717) is 0 Å². The highest BCUT2D eigenvalue weighted by atomic mass is 32.2. The summed E-state index contributed by atoms with van der Waals surface area (Å²) in [4.78, 5) is 2.52. The Hall–Kier alpha value is -0.670. The van der Waals surface area contributed by atoms with Gasteiger partial charge in [0.05, 0.1) is 0 Å². The fourth-order valence-corrected chi connectivity index (χ4v) is 3.34. The molecule has 18 heavy (non-hydrogen) atoms. The molecule has 2 aliphatic rings. The minimum atomic E-state index is 0.795. The largest absolute Gasteiger partial charge is 0.370 e. The average Bonchev–Trinajstić information content (AvgIpc) is 3.22. The molecule has 2 fully saturated rings. The Balaban J connectivity index is 1.66. The molecule has 0 radical (unpaired) electrons. The van der Waals surface area contributed by atoms with Gasteiger partial charge in [-0.05, 0) is 43.0 Å². The maximum absolute atomic E-state index is 3.60. The van der Waals surface area contributed by atoms with Crippen molar-refractivity contribution >= 4 is 17.4 Å². The van der Waals surface area contributed by atoms with Crippen LogP contribution in [-0.4, -0.2) is 30.6 Å². The summed E-state index contributed by atoms with van der Waals surface area (Å²) in [5.41, 5.74) is 4.29. The van der Waals surface area contributed by atoms with Gasteiger partial charge in [0.15, 0.2) is 0 Å². The second kappa shape index (κ2) is 5.54. The van der Waals surface area contributed by atoms with Crippen molar-refractivity contribution in [2.75, 3.05) is 29.5 Å². The van der Waals surface area contributed by atoms with Crippen molar-refractivity contribution in [2.45, 2.75) is 32.4 Å². The first-order chi connectivity index (χ1) is 8.83. The highest BCUT2D eigenvalue weighted by molar-refractivity contribution is 7.99. The maximum atomic E-state index is 3.60. The summed E-state index contributed by atoms with van der Waals surface area (Å²) < 4.78 is 0. The summed E-state index contributed by atoms with van der Waals surface area (Å²) in [6.07, 6.45) is 2.73. The topological polar surface area (TPSA) is 15.3 Å². The predicted octanol–water partition coefficient (Wildman–Crippen LogP) is 2.80. The molecule has 1 heterocycles.